The number of nitrogens with one attached hydrogen (secondary N) is 1. The molecular formula is C19H15Br2ClN2O3. The summed E-state index contributed by atoms with van der Waals surface area (Å²) in [4.78, 5) is 16.8. The van der Waals surface area contributed by atoms with Crippen LogP contribution in [0, 0.1) is 6.92 Å². The molecule has 5 nitrogen and oxygen atoms in total. The zero-order chi connectivity index (χ0) is 19.6. The zero-order valence-electron chi connectivity index (χ0n) is 14.5. The minimum Gasteiger partial charge on any atom is -0.495 e. The van der Waals surface area contributed by atoms with Gasteiger partial charge in [0.25, 0.3) is 5.91 Å². The molecule has 0 fully saturated rings. The van der Waals surface area contributed by atoms with Gasteiger partial charge in [-0.05, 0) is 46.6 Å². The molecule has 8 heteroatoms. The highest BCUT2D eigenvalue weighted by Gasteiger charge is 2.15. The van der Waals surface area contributed by atoms with E-state index in [0.29, 0.717) is 32.2 Å². The molecule has 0 bridgehead atoms. The van der Waals surface area contributed by atoms with E-state index in [4.69, 9.17) is 21.1 Å². The molecule has 0 saturated heterocycles. The molecule has 0 aliphatic heterocycles. The van der Waals surface area contributed by atoms with Crippen LogP contribution in [0.1, 0.15) is 5.56 Å². The van der Waals surface area contributed by atoms with E-state index in [1.807, 2.05) is 25.1 Å². The van der Waals surface area contributed by atoms with Crippen molar-refractivity contribution in [1.29, 1.82) is 0 Å². The molecule has 0 atom stereocenters. The van der Waals surface area contributed by atoms with Crippen LogP contribution in [0.4, 0.5) is 5.69 Å². The summed E-state index contributed by atoms with van der Waals surface area (Å²) in [6.45, 7) is 1.67. The van der Waals surface area contributed by atoms with E-state index in [1.165, 1.54) is 7.11 Å². The molecule has 1 aromatic heterocycles. The maximum Gasteiger partial charge on any atom is 0.262 e. The second kappa shape index (κ2) is 8.46. The highest BCUT2D eigenvalue weighted by molar-refractivity contribution is 9.11. The molecule has 0 aliphatic rings. The summed E-state index contributed by atoms with van der Waals surface area (Å²) in [7, 11) is 1.52. The van der Waals surface area contributed by atoms with Gasteiger partial charge in [0, 0.05) is 27.1 Å². The van der Waals surface area contributed by atoms with Gasteiger partial charge in [-0.3, -0.25) is 9.78 Å². The Bertz CT molecular complexity index is 1030. The lowest BCUT2D eigenvalue weighted by Gasteiger charge is -2.14. The van der Waals surface area contributed by atoms with Crippen LogP contribution in [0.3, 0.4) is 0 Å². The fourth-order valence-corrected chi connectivity index (χ4v) is 4.08. The van der Waals surface area contributed by atoms with E-state index in [1.54, 1.807) is 18.3 Å². The standard InChI is InChI=1S/C19H15Br2ClN2O3/c1-10-6-15(16(26-2)8-14(10)22)24-17(25)9-27-19-13(21)7-12(20)11-4-3-5-23-18(11)19/h3-8H,9H2,1-2H3,(H,24,25). The molecule has 0 aliphatic carbocycles. The number of methoxy groups -OCH3 is 1. The van der Waals surface area contributed by atoms with Crippen LogP contribution >= 0.6 is 43.5 Å². The Morgan fingerprint density at radius 1 is 1.26 bits per heavy atom. The lowest BCUT2D eigenvalue weighted by atomic mass is 10.2. The fraction of sp³-hybridized carbons (Fsp3) is 0.158. The summed E-state index contributed by atoms with van der Waals surface area (Å²) >= 11 is 13.1. The predicted molar refractivity (Wildman–Crippen MR) is 114 cm³/mol. The first-order valence-corrected chi connectivity index (χ1v) is 9.86. The number of amides is 1. The average Bonchev–Trinajstić information content (AvgIpc) is 2.64. The van der Waals surface area contributed by atoms with E-state index in [9.17, 15) is 4.79 Å². The van der Waals surface area contributed by atoms with E-state index < -0.39 is 0 Å². The fourth-order valence-electron chi connectivity index (χ4n) is 2.54. The maximum absolute atomic E-state index is 12.4. The number of anilines is 1. The number of nitrogens with zero attached hydrogens (tertiary/aromatic N) is 1. The van der Waals surface area contributed by atoms with Crippen LogP contribution in [-0.4, -0.2) is 24.6 Å². The Morgan fingerprint density at radius 2 is 2.04 bits per heavy atom. The van der Waals surface area contributed by atoms with Gasteiger partial charge in [0.1, 0.15) is 11.3 Å². The molecule has 0 saturated carbocycles. The summed E-state index contributed by atoms with van der Waals surface area (Å²) in [6, 6.07) is 9.05. The van der Waals surface area contributed by atoms with Gasteiger partial charge < -0.3 is 14.8 Å². The Kier molecular flexibility index (Phi) is 6.24. The number of aromatic nitrogens is 1. The SMILES string of the molecule is COc1cc(Cl)c(C)cc1NC(=O)COc1c(Br)cc(Br)c2cccnc12. The first-order valence-electron chi connectivity index (χ1n) is 7.90. The highest BCUT2D eigenvalue weighted by atomic mass is 79.9. The second-order valence-electron chi connectivity index (χ2n) is 5.71. The van der Waals surface area contributed by atoms with Crippen molar-refractivity contribution in [2.24, 2.45) is 0 Å². The topological polar surface area (TPSA) is 60.5 Å². The number of aryl methyl sites for hydroxylation is 1. The Balaban J connectivity index is 1.79. The number of benzene rings is 2. The number of halogens is 3. The van der Waals surface area contributed by atoms with Gasteiger partial charge in [0.15, 0.2) is 12.4 Å². The summed E-state index contributed by atoms with van der Waals surface area (Å²) < 4.78 is 12.6. The number of carbonyl (C=O) groups excluding carboxylic acids is 1. The van der Waals surface area contributed by atoms with Crippen molar-refractivity contribution < 1.29 is 14.3 Å². The summed E-state index contributed by atoms with van der Waals surface area (Å²) in [5.74, 6) is 0.660. The molecular weight excluding hydrogens is 499 g/mol. The lowest BCUT2D eigenvalue weighted by molar-refractivity contribution is -0.118. The van der Waals surface area contributed by atoms with E-state index >= 15 is 0 Å². The molecule has 3 aromatic rings. The van der Waals surface area contributed by atoms with Crippen LogP contribution in [0.5, 0.6) is 11.5 Å². The third-order valence-electron chi connectivity index (χ3n) is 3.85. The van der Waals surface area contributed by atoms with Crippen molar-refractivity contribution >= 4 is 66.0 Å². The first-order chi connectivity index (χ1) is 12.9. The van der Waals surface area contributed by atoms with Crippen molar-refractivity contribution in [3.63, 3.8) is 0 Å². The molecule has 1 N–H and O–H groups in total. The number of carbonyl (C=O) groups is 1. The molecule has 1 heterocycles. The van der Waals surface area contributed by atoms with Crippen LogP contribution in [-0.2, 0) is 4.79 Å². The normalized spacial score (nSPS) is 10.7. The monoisotopic (exact) mass is 512 g/mol. The smallest absolute Gasteiger partial charge is 0.262 e. The molecule has 1 amide bonds. The van der Waals surface area contributed by atoms with E-state index in [-0.39, 0.29) is 12.5 Å². The van der Waals surface area contributed by atoms with Crippen LogP contribution in [0.2, 0.25) is 5.02 Å². The van der Waals surface area contributed by atoms with Gasteiger partial charge in [-0.25, -0.2) is 0 Å². The van der Waals surface area contributed by atoms with Crippen molar-refractivity contribution in [3.8, 4) is 11.5 Å². The van der Waals surface area contributed by atoms with Crippen LogP contribution in [0.15, 0.2) is 45.5 Å². The van der Waals surface area contributed by atoms with E-state index in [2.05, 4.69) is 42.2 Å². The van der Waals surface area contributed by atoms with Gasteiger partial charge in [0.2, 0.25) is 0 Å². The summed E-state index contributed by atoms with van der Waals surface area (Å²) in [6.07, 6.45) is 1.68. The van der Waals surface area contributed by atoms with Crippen molar-refractivity contribution in [2.75, 3.05) is 19.0 Å². The van der Waals surface area contributed by atoms with Crippen LogP contribution < -0.4 is 14.8 Å². The third kappa shape index (κ3) is 4.36. The molecule has 0 spiro atoms. The zero-order valence-corrected chi connectivity index (χ0v) is 18.4. The predicted octanol–water partition coefficient (Wildman–Crippen LogP) is 5.75. The number of rotatable bonds is 5. The number of fused-ring (bicyclic) bond motifs is 1. The Morgan fingerprint density at radius 3 is 2.78 bits per heavy atom. The molecule has 3 rings (SSSR count). The van der Waals surface area contributed by atoms with Crippen molar-refractivity contribution in [3.05, 3.63) is 56.1 Å². The minimum absolute atomic E-state index is 0.184. The number of hydrogen-bond donors (Lipinski definition) is 1. The quantitative estimate of drug-likeness (QED) is 0.471. The molecule has 140 valence electrons. The van der Waals surface area contributed by atoms with Crippen LogP contribution in [0.25, 0.3) is 10.9 Å². The van der Waals surface area contributed by atoms with Crippen molar-refractivity contribution in [2.45, 2.75) is 6.92 Å². The number of ether oxygens (including phenoxy) is 2. The summed E-state index contributed by atoms with van der Waals surface area (Å²) in [5, 5.41) is 4.25. The summed E-state index contributed by atoms with van der Waals surface area (Å²) in [5.41, 5.74) is 2.02. The maximum atomic E-state index is 12.4. The molecule has 0 radical (unpaired) electrons. The van der Waals surface area contributed by atoms with Gasteiger partial charge in [0.05, 0.1) is 17.3 Å². The third-order valence-corrected chi connectivity index (χ3v) is 5.51. The van der Waals surface area contributed by atoms with Gasteiger partial charge in [-0.1, -0.05) is 33.6 Å². The van der Waals surface area contributed by atoms with Gasteiger partial charge >= 0.3 is 0 Å². The molecule has 0 unspecified atom stereocenters. The van der Waals surface area contributed by atoms with Gasteiger partial charge in [-0.15, -0.1) is 0 Å². The lowest BCUT2D eigenvalue weighted by Crippen LogP contribution is -2.21. The Labute approximate surface area is 178 Å². The number of hydrogen-bond acceptors (Lipinski definition) is 4. The molecule has 2 aromatic carbocycles. The largest absolute Gasteiger partial charge is 0.495 e. The van der Waals surface area contributed by atoms with Gasteiger partial charge in [-0.2, -0.15) is 0 Å². The minimum atomic E-state index is -0.325. The Hall–Kier alpha value is -1.83. The number of pyridine rings is 1. The molecule has 27 heavy (non-hydrogen) atoms. The highest BCUT2D eigenvalue weighted by Crippen LogP contribution is 2.37. The second-order valence-corrected chi connectivity index (χ2v) is 7.82. The van der Waals surface area contributed by atoms with Crippen molar-refractivity contribution in [1.82, 2.24) is 4.98 Å². The van der Waals surface area contributed by atoms with E-state index in [0.717, 1.165) is 15.4 Å². The first kappa shape index (κ1) is 19.9. The average molecular weight is 515 g/mol.